The van der Waals surface area contributed by atoms with Crippen molar-refractivity contribution in [2.45, 2.75) is 65.2 Å². The Hall–Kier alpha value is 0.270. The van der Waals surface area contributed by atoms with Crippen LogP contribution in [0.25, 0.3) is 0 Å². The van der Waals surface area contributed by atoms with E-state index in [1.807, 2.05) is 11.8 Å². The Kier molecular flexibility index (Phi) is 4.96. The van der Waals surface area contributed by atoms with E-state index in [0.717, 1.165) is 18.1 Å². The predicted molar refractivity (Wildman–Crippen MR) is 77.5 cm³/mol. The highest BCUT2D eigenvalue weighted by Gasteiger charge is 2.47. The molecular weight excluding hydrogens is 230 g/mol. The Morgan fingerprint density at radius 3 is 2.24 bits per heavy atom. The molecule has 0 aromatic carbocycles. The molecule has 0 aromatic rings. The fourth-order valence-corrected chi connectivity index (χ4v) is 3.94. The van der Waals surface area contributed by atoms with E-state index in [1.165, 1.54) is 5.75 Å². The molecule has 102 valence electrons. The highest BCUT2D eigenvalue weighted by Crippen LogP contribution is 2.43. The van der Waals surface area contributed by atoms with E-state index < -0.39 is 0 Å². The summed E-state index contributed by atoms with van der Waals surface area (Å²) in [6, 6.07) is 0.246. The first-order valence-corrected chi connectivity index (χ1v) is 7.83. The number of hydrogen-bond donors (Lipinski definition) is 1. The first-order chi connectivity index (χ1) is 7.64. The molecule has 0 amide bonds. The zero-order valence-electron chi connectivity index (χ0n) is 12.2. The minimum atomic E-state index is -0.0820. The van der Waals surface area contributed by atoms with Gasteiger partial charge in [-0.15, -0.1) is 0 Å². The van der Waals surface area contributed by atoms with Crippen LogP contribution in [-0.4, -0.2) is 28.7 Å². The van der Waals surface area contributed by atoms with Gasteiger partial charge in [-0.1, -0.05) is 13.8 Å². The molecule has 0 bridgehead atoms. The molecule has 1 rings (SSSR count). The lowest BCUT2D eigenvalue weighted by Gasteiger charge is -2.31. The van der Waals surface area contributed by atoms with Gasteiger partial charge in [-0.2, -0.15) is 11.8 Å². The van der Waals surface area contributed by atoms with Gasteiger partial charge in [0.25, 0.3) is 0 Å². The lowest BCUT2D eigenvalue weighted by atomic mass is 9.83. The Labute approximate surface area is 111 Å². The fourth-order valence-electron chi connectivity index (χ4n) is 2.83. The Bertz CT molecular complexity index is 251. The molecule has 1 aliphatic heterocycles. The minimum absolute atomic E-state index is 0.0193. The molecule has 0 radical (unpaired) electrons. The van der Waals surface area contributed by atoms with Crippen molar-refractivity contribution in [2.24, 2.45) is 17.6 Å². The molecule has 17 heavy (non-hydrogen) atoms. The fraction of sp³-hybridized carbons (Fsp3) is 1.00. The van der Waals surface area contributed by atoms with Crippen molar-refractivity contribution < 1.29 is 4.74 Å². The van der Waals surface area contributed by atoms with Gasteiger partial charge in [0.2, 0.25) is 0 Å². The zero-order chi connectivity index (χ0) is 13.3. The molecule has 0 saturated carbocycles. The molecule has 2 unspecified atom stereocenters. The van der Waals surface area contributed by atoms with Gasteiger partial charge in [0.15, 0.2) is 0 Å². The van der Waals surface area contributed by atoms with Gasteiger partial charge in [0, 0.05) is 17.7 Å². The number of hydrogen-bond acceptors (Lipinski definition) is 3. The second kappa shape index (κ2) is 5.50. The van der Waals surface area contributed by atoms with Crippen LogP contribution in [0.2, 0.25) is 0 Å². The molecule has 3 heteroatoms. The SMILES string of the molecule is CC(C)CSCC(N)C1CC(C)(C)OC1(C)C. The Morgan fingerprint density at radius 1 is 1.24 bits per heavy atom. The van der Waals surface area contributed by atoms with Gasteiger partial charge in [-0.3, -0.25) is 0 Å². The van der Waals surface area contributed by atoms with Crippen molar-refractivity contribution in [1.29, 1.82) is 0 Å². The third-order valence-electron chi connectivity index (χ3n) is 3.42. The summed E-state index contributed by atoms with van der Waals surface area (Å²) in [5, 5.41) is 0. The van der Waals surface area contributed by atoms with Crippen molar-refractivity contribution in [1.82, 2.24) is 0 Å². The second-order valence-corrected chi connectivity index (χ2v) is 7.95. The summed E-state index contributed by atoms with van der Waals surface area (Å²) in [5.74, 6) is 3.46. The standard InChI is InChI=1S/C14H29NOS/c1-10(2)8-17-9-12(15)11-7-13(3,4)16-14(11,5)6/h10-12H,7-9,15H2,1-6H3. The number of thioether (sulfide) groups is 1. The first kappa shape index (κ1) is 15.3. The summed E-state index contributed by atoms with van der Waals surface area (Å²) in [6.07, 6.45) is 1.07. The van der Waals surface area contributed by atoms with Crippen molar-refractivity contribution in [3.05, 3.63) is 0 Å². The van der Waals surface area contributed by atoms with E-state index >= 15 is 0 Å². The van der Waals surface area contributed by atoms with Crippen molar-refractivity contribution in [2.75, 3.05) is 11.5 Å². The molecule has 2 N–H and O–H groups in total. The first-order valence-electron chi connectivity index (χ1n) is 6.67. The average molecular weight is 259 g/mol. The van der Waals surface area contributed by atoms with E-state index in [-0.39, 0.29) is 17.2 Å². The van der Waals surface area contributed by atoms with Gasteiger partial charge in [-0.05, 0) is 45.8 Å². The van der Waals surface area contributed by atoms with E-state index in [4.69, 9.17) is 10.5 Å². The molecule has 2 atom stereocenters. The summed E-state index contributed by atoms with van der Waals surface area (Å²) in [6.45, 7) is 13.2. The van der Waals surface area contributed by atoms with E-state index in [2.05, 4.69) is 41.5 Å². The van der Waals surface area contributed by atoms with Crippen LogP contribution in [0.4, 0.5) is 0 Å². The molecule has 2 nitrogen and oxygen atoms in total. The van der Waals surface area contributed by atoms with Crippen molar-refractivity contribution >= 4 is 11.8 Å². The molecular formula is C14H29NOS. The van der Waals surface area contributed by atoms with Crippen LogP contribution in [-0.2, 0) is 4.74 Å². The summed E-state index contributed by atoms with van der Waals surface area (Å²) in [7, 11) is 0. The number of nitrogens with two attached hydrogens (primary N) is 1. The normalized spacial score (nSPS) is 28.6. The average Bonchev–Trinajstić information content (AvgIpc) is 2.33. The van der Waals surface area contributed by atoms with Crippen molar-refractivity contribution in [3.8, 4) is 0 Å². The molecule has 1 fully saturated rings. The van der Waals surface area contributed by atoms with Gasteiger partial charge in [0.1, 0.15) is 0 Å². The van der Waals surface area contributed by atoms with Gasteiger partial charge in [-0.25, -0.2) is 0 Å². The number of rotatable bonds is 5. The zero-order valence-corrected chi connectivity index (χ0v) is 13.1. The molecule has 0 aromatic heterocycles. The van der Waals surface area contributed by atoms with Crippen LogP contribution in [0.15, 0.2) is 0 Å². The third-order valence-corrected chi connectivity index (χ3v) is 4.95. The van der Waals surface area contributed by atoms with Gasteiger partial charge < -0.3 is 10.5 Å². The molecule has 1 aliphatic rings. The molecule has 0 spiro atoms. The molecule has 0 aliphatic carbocycles. The van der Waals surface area contributed by atoms with E-state index in [0.29, 0.717) is 5.92 Å². The maximum Gasteiger partial charge on any atom is 0.0677 e. The van der Waals surface area contributed by atoms with Crippen LogP contribution in [0.3, 0.4) is 0 Å². The monoisotopic (exact) mass is 259 g/mol. The minimum Gasteiger partial charge on any atom is -0.369 e. The van der Waals surface area contributed by atoms with Gasteiger partial charge >= 0.3 is 0 Å². The summed E-state index contributed by atoms with van der Waals surface area (Å²) >= 11 is 1.98. The van der Waals surface area contributed by atoms with Gasteiger partial charge in [0.05, 0.1) is 11.2 Å². The maximum absolute atomic E-state index is 6.36. The smallest absolute Gasteiger partial charge is 0.0677 e. The van der Waals surface area contributed by atoms with Crippen LogP contribution in [0.5, 0.6) is 0 Å². The highest BCUT2D eigenvalue weighted by atomic mass is 32.2. The topological polar surface area (TPSA) is 35.2 Å². The van der Waals surface area contributed by atoms with E-state index in [1.54, 1.807) is 0 Å². The summed E-state index contributed by atoms with van der Waals surface area (Å²) < 4.78 is 6.11. The number of ether oxygens (including phenoxy) is 1. The summed E-state index contributed by atoms with van der Waals surface area (Å²) in [5.41, 5.74) is 6.26. The maximum atomic E-state index is 6.36. The highest BCUT2D eigenvalue weighted by molar-refractivity contribution is 7.99. The predicted octanol–water partition coefficient (Wildman–Crippen LogP) is 3.30. The van der Waals surface area contributed by atoms with Crippen molar-refractivity contribution in [3.63, 3.8) is 0 Å². The largest absolute Gasteiger partial charge is 0.369 e. The Morgan fingerprint density at radius 2 is 1.82 bits per heavy atom. The van der Waals surface area contributed by atoms with Crippen LogP contribution in [0.1, 0.15) is 48.0 Å². The lowest BCUT2D eigenvalue weighted by molar-refractivity contribution is -0.0759. The van der Waals surface area contributed by atoms with Crippen LogP contribution >= 0.6 is 11.8 Å². The second-order valence-electron chi connectivity index (χ2n) is 6.87. The molecule has 1 saturated heterocycles. The van der Waals surface area contributed by atoms with Crippen LogP contribution < -0.4 is 5.73 Å². The summed E-state index contributed by atoms with van der Waals surface area (Å²) in [4.78, 5) is 0. The van der Waals surface area contributed by atoms with Crippen LogP contribution in [0, 0.1) is 11.8 Å². The molecule has 1 heterocycles. The van der Waals surface area contributed by atoms with E-state index in [9.17, 15) is 0 Å². The lowest BCUT2D eigenvalue weighted by Crippen LogP contribution is -2.42. The quantitative estimate of drug-likeness (QED) is 0.823. The third kappa shape index (κ3) is 4.46. The Balaban J connectivity index is 2.49.